The normalized spacial score (nSPS) is 11.1. The Kier molecular flexibility index (Phi) is 5.62. The molecule has 1 N–H and O–H groups in total. The molecule has 0 atom stereocenters. The van der Waals surface area contributed by atoms with Crippen molar-refractivity contribution in [2.24, 2.45) is 0 Å². The van der Waals surface area contributed by atoms with Crippen LogP contribution >= 0.6 is 0 Å². The zero-order valence-corrected chi connectivity index (χ0v) is 14.9. The lowest BCUT2D eigenvalue weighted by atomic mass is 10.1. The van der Waals surface area contributed by atoms with E-state index in [2.05, 4.69) is 5.32 Å². The fourth-order valence-electron chi connectivity index (χ4n) is 2.43. The van der Waals surface area contributed by atoms with E-state index in [1.807, 2.05) is 50.2 Å². The molecule has 0 bridgehead atoms. The summed E-state index contributed by atoms with van der Waals surface area (Å²) in [5.74, 6) is -0.342. The molecule has 6 heteroatoms. The summed E-state index contributed by atoms with van der Waals surface area (Å²) in [4.78, 5) is 12.2. The summed E-state index contributed by atoms with van der Waals surface area (Å²) in [6.07, 6.45) is 1.10. The molecular weight excluding hydrogens is 324 g/mol. The Labute approximate surface area is 143 Å². The maximum Gasteiger partial charge on any atom is 0.241 e. The minimum Gasteiger partial charge on any atom is -0.350 e. The minimum atomic E-state index is -3.55. The first-order valence-electron chi connectivity index (χ1n) is 7.63. The van der Waals surface area contributed by atoms with Crippen molar-refractivity contribution in [3.05, 3.63) is 65.2 Å². The molecule has 2 rings (SSSR count). The predicted molar refractivity (Wildman–Crippen MR) is 96.4 cm³/mol. The number of sulfonamides is 1. The van der Waals surface area contributed by atoms with Crippen LogP contribution in [0, 0.1) is 13.8 Å². The summed E-state index contributed by atoms with van der Waals surface area (Å²) in [6, 6.07) is 14.9. The number of anilines is 1. The Morgan fingerprint density at radius 2 is 1.79 bits per heavy atom. The fourth-order valence-corrected chi connectivity index (χ4v) is 3.35. The zero-order chi connectivity index (χ0) is 17.7. The highest BCUT2D eigenvalue weighted by Gasteiger charge is 2.21. The van der Waals surface area contributed by atoms with Crippen molar-refractivity contribution >= 4 is 21.6 Å². The SMILES string of the molecule is Cc1cccc(CNC(=O)CN(c2ccccc2C)S(C)(=O)=O)c1. The number of rotatable bonds is 6. The maximum atomic E-state index is 12.2. The lowest BCUT2D eigenvalue weighted by Crippen LogP contribution is -2.40. The average molecular weight is 346 g/mol. The molecule has 24 heavy (non-hydrogen) atoms. The van der Waals surface area contributed by atoms with Gasteiger partial charge in [0.05, 0.1) is 11.9 Å². The van der Waals surface area contributed by atoms with E-state index < -0.39 is 10.0 Å². The molecule has 0 aliphatic rings. The van der Waals surface area contributed by atoms with Crippen LogP contribution in [-0.2, 0) is 21.4 Å². The first-order chi connectivity index (χ1) is 11.3. The van der Waals surface area contributed by atoms with Gasteiger partial charge in [0.25, 0.3) is 0 Å². The molecule has 0 saturated heterocycles. The molecule has 2 aromatic carbocycles. The molecule has 0 spiro atoms. The van der Waals surface area contributed by atoms with Crippen molar-refractivity contribution in [1.29, 1.82) is 0 Å². The summed E-state index contributed by atoms with van der Waals surface area (Å²) >= 11 is 0. The molecular formula is C18H22N2O3S. The van der Waals surface area contributed by atoms with Crippen LogP contribution in [0.4, 0.5) is 5.69 Å². The molecule has 0 aliphatic heterocycles. The number of benzene rings is 2. The van der Waals surface area contributed by atoms with E-state index in [-0.39, 0.29) is 12.5 Å². The van der Waals surface area contributed by atoms with Crippen LogP contribution in [-0.4, -0.2) is 27.1 Å². The van der Waals surface area contributed by atoms with Gasteiger partial charge in [-0.3, -0.25) is 9.10 Å². The smallest absolute Gasteiger partial charge is 0.241 e. The van der Waals surface area contributed by atoms with E-state index in [4.69, 9.17) is 0 Å². The fraction of sp³-hybridized carbons (Fsp3) is 0.278. The van der Waals surface area contributed by atoms with Crippen LogP contribution in [0.3, 0.4) is 0 Å². The van der Waals surface area contributed by atoms with E-state index >= 15 is 0 Å². The van der Waals surface area contributed by atoms with Gasteiger partial charge in [0, 0.05) is 6.54 Å². The monoisotopic (exact) mass is 346 g/mol. The first-order valence-corrected chi connectivity index (χ1v) is 9.48. The van der Waals surface area contributed by atoms with Gasteiger partial charge in [-0.15, -0.1) is 0 Å². The van der Waals surface area contributed by atoms with Gasteiger partial charge < -0.3 is 5.32 Å². The van der Waals surface area contributed by atoms with Gasteiger partial charge >= 0.3 is 0 Å². The van der Waals surface area contributed by atoms with Crippen LogP contribution in [0.2, 0.25) is 0 Å². The number of hydrogen-bond donors (Lipinski definition) is 1. The number of aryl methyl sites for hydroxylation is 2. The number of para-hydroxylation sites is 1. The van der Waals surface area contributed by atoms with Gasteiger partial charge in [-0.05, 0) is 31.0 Å². The average Bonchev–Trinajstić information content (AvgIpc) is 2.50. The van der Waals surface area contributed by atoms with Crippen molar-refractivity contribution in [3.8, 4) is 0 Å². The van der Waals surface area contributed by atoms with Crippen LogP contribution in [0.25, 0.3) is 0 Å². The molecule has 5 nitrogen and oxygen atoms in total. The van der Waals surface area contributed by atoms with Gasteiger partial charge in [-0.25, -0.2) is 8.42 Å². The molecule has 0 aliphatic carbocycles. The van der Waals surface area contributed by atoms with E-state index in [1.165, 1.54) is 0 Å². The Bertz CT molecular complexity index is 832. The summed E-state index contributed by atoms with van der Waals surface area (Å²) in [5, 5.41) is 2.77. The van der Waals surface area contributed by atoms with Gasteiger partial charge in [-0.1, -0.05) is 48.0 Å². The van der Waals surface area contributed by atoms with Crippen LogP contribution in [0.5, 0.6) is 0 Å². The highest BCUT2D eigenvalue weighted by Crippen LogP contribution is 2.21. The second-order valence-corrected chi connectivity index (χ2v) is 7.73. The molecule has 0 unspecified atom stereocenters. The standard InChI is InChI=1S/C18H22N2O3S/c1-14-7-6-9-16(11-14)12-19-18(21)13-20(24(3,22)23)17-10-5-4-8-15(17)2/h4-11H,12-13H2,1-3H3,(H,19,21). The van der Waals surface area contributed by atoms with E-state index in [1.54, 1.807) is 12.1 Å². The first kappa shape index (κ1) is 18.0. The third-order valence-electron chi connectivity index (χ3n) is 3.64. The second-order valence-electron chi connectivity index (χ2n) is 5.82. The summed E-state index contributed by atoms with van der Waals surface area (Å²) < 4.78 is 25.3. The molecule has 0 saturated carbocycles. The van der Waals surface area contributed by atoms with Crippen molar-refractivity contribution in [2.75, 3.05) is 17.1 Å². The maximum absolute atomic E-state index is 12.2. The molecule has 2 aromatic rings. The number of carbonyl (C=O) groups is 1. The Morgan fingerprint density at radius 1 is 1.08 bits per heavy atom. The highest BCUT2D eigenvalue weighted by atomic mass is 32.2. The number of nitrogens with one attached hydrogen (secondary N) is 1. The Balaban J connectivity index is 2.10. The number of hydrogen-bond acceptors (Lipinski definition) is 3. The van der Waals surface area contributed by atoms with Crippen molar-refractivity contribution in [3.63, 3.8) is 0 Å². The van der Waals surface area contributed by atoms with Crippen molar-refractivity contribution in [2.45, 2.75) is 20.4 Å². The molecule has 0 fully saturated rings. The van der Waals surface area contributed by atoms with Gasteiger partial charge in [0.1, 0.15) is 6.54 Å². The molecule has 1 amide bonds. The molecule has 0 heterocycles. The van der Waals surface area contributed by atoms with E-state index in [0.29, 0.717) is 12.2 Å². The molecule has 0 radical (unpaired) electrons. The van der Waals surface area contributed by atoms with Crippen molar-refractivity contribution < 1.29 is 13.2 Å². The quantitative estimate of drug-likeness (QED) is 0.873. The third kappa shape index (κ3) is 4.83. The number of nitrogens with zero attached hydrogens (tertiary/aromatic N) is 1. The second kappa shape index (κ2) is 7.49. The third-order valence-corrected chi connectivity index (χ3v) is 4.77. The highest BCUT2D eigenvalue weighted by molar-refractivity contribution is 7.92. The number of amides is 1. The largest absolute Gasteiger partial charge is 0.350 e. The Morgan fingerprint density at radius 3 is 2.42 bits per heavy atom. The van der Waals surface area contributed by atoms with Gasteiger partial charge in [0.15, 0.2) is 0 Å². The van der Waals surface area contributed by atoms with E-state index in [9.17, 15) is 13.2 Å². The van der Waals surface area contributed by atoms with E-state index in [0.717, 1.165) is 27.3 Å². The minimum absolute atomic E-state index is 0.241. The molecule has 128 valence electrons. The van der Waals surface area contributed by atoms with Crippen LogP contribution in [0.15, 0.2) is 48.5 Å². The number of carbonyl (C=O) groups excluding carboxylic acids is 1. The topological polar surface area (TPSA) is 66.5 Å². The van der Waals surface area contributed by atoms with Gasteiger partial charge in [0.2, 0.25) is 15.9 Å². The Hall–Kier alpha value is -2.34. The summed E-state index contributed by atoms with van der Waals surface area (Å²) in [6.45, 7) is 3.93. The summed E-state index contributed by atoms with van der Waals surface area (Å²) in [5.41, 5.74) is 3.41. The zero-order valence-electron chi connectivity index (χ0n) is 14.1. The van der Waals surface area contributed by atoms with Crippen molar-refractivity contribution in [1.82, 2.24) is 5.32 Å². The van der Waals surface area contributed by atoms with Gasteiger partial charge in [-0.2, -0.15) is 0 Å². The predicted octanol–water partition coefficient (Wildman–Crippen LogP) is 2.39. The molecule has 0 aromatic heterocycles. The lowest BCUT2D eigenvalue weighted by Gasteiger charge is -2.23. The lowest BCUT2D eigenvalue weighted by molar-refractivity contribution is -0.119. The summed E-state index contributed by atoms with van der Waals surface area (Å²) in [7, 11) is -3.55. The van der Waals surface area contributed by atoms with Crippen LogP contribution < -0.4 is 9.62 Å². The van der Waals surface area contributed by atoms with Crippen LogP contribution in [0.1, 0.15) is 16.7 Å².